The molecule has 0 bridgehead atoms. The van der Waals surface area contributed by atoms with Crippen molar-refractivity contribution in [3.63, 3.8) is 0 Å². The van der Waals surface area contributed by atoms with Crippen LogP contribution in [0.5, 0.6) is 0 Å². The van der Waals surface area contributed by atoms with Crippen molar-refractivity contribution in [3.8, 4) is 0 Å². The number of unbranched alkanes of at least 4 members (excludes halogenated alkanes) is 3. The Morgan fingerprint density at radius 1 is 0.696 bits per heavy atom. The summed E-state index contributed by atoms with van der Waals surface area (Å²) in [6.45, 7) is 1.09. The summed E-state index contributed by atoms with van der Waals surface area (Å²) in [5.74, 6) is -0.360. The largest absolute Gasteiger partial charge is 0.480 e. The highest BCUT2D eigenvalue weighted by Gasteiger charge is 2.47. The number of carbonyl (C=O) groups is 6. The van der Waals surface area contributed by atoms with Crippen molar-refractivity contribution in [3.05, 3.63) is 48.8 Å². The fourth-order valence-electron chi connectivity index (χ4n) is 5.27. The van der Waals surface area contributed by atoms with Crippen LogP contribution in [0, 0.1) is 5.92 Å². The second-order valence-electron chi connectivity index (χ2n) is 12.7. The molecule has 2 aromatic rings. The topological polar surface area (TPSA) is 209 Å². The minimum atomic E-state index is -1.18. The molecule has 0 radical (unpaired) electrons. The molecule has 0 aromatic carbocycles. The Kier molecular flexibility index (Phi) is 24.3. The Hall–Kier alpha value is -3.36. The van der Waals surface area contributed by atoms with Crippen LogP contribution >= 0.6 is 43.2 Å². The molecular formula is C37H53N7O8S4. The number of aromatic nitrogens is 2. The number of hydrogen-bond acceptors (Lipinski definition) is 14. The van der Waals surface area contributed by atoms with Crippen molar-refractivity contribution in [1.82, 2.24) is 36.1 Å². The average molecular weight is 852 g/mol. The molecule has 2 aromatic heterocycles. The molecule has 1 aliphatic rings. The third kappa shape index (κ3) is 21.8. The maximum Gasteiger partial charge on any atom is 0.329 e. The van der Waals surface area contributed by atoms with Gasteiger partial charge in [-0.25, -0.2) is 14.8 Å². The molecule has 0 aliphatic heterocycles. The number of nitrogens with zero attached hydrogens (tertiary/aromatic N) is 3. The lowest BCUT2D eigenvalue weighted by Gasteiger charge is -2.23. The standard InChI is InChI=1S/C37H53N7O8S4/c45-29(11-2-1-6-16-38-30(46)14-24-53-55-32-12-4-8-18-41-32)40-20-22-44(34(48)26-52-27-35(49)50)23-21-43-36-28(37(36)51)10-3-7-17-39-31(47)15-25-54-56-33-13-5-9-19-42-33/h4-5,8-9,12-13,18-19,28,36,43H,1-3,6-7,10-11,14-17,20-27H2,(H,38,46)(H,39,47)(H,40,45)(H,49,50). The van der Waals surface area contributed by atoms with Gasteiger partial charge in [0, 0.05) is 88.3 Å². The number of rotatable bonds is 32. The second-order valence-corrected chi connectivity index (χ2v) is 17.6. The van der Waals surface area contributed by atoms with Crippen molar-refractivity contribution in [2.24, 2.45) is 5.92 Å². The molecule has 3 rings (SSSR count). The van der Waals surface area contributed by atoms with Gasteiger partial charge in [-0.2, -0.15) is 0 Å². The SMILES string of the molecule is O=C(O)COCC(=O)N(CCNC(=O)CCCCCNC(=O)CCSSc1ccccn1)CCNC1C(=O)C1CCCCNC(=O)CCSSc1ccccn1. The van der Waals surface area contributed by atoms with Gasteiger partial charge >= 0.3 is 5.97 Å². The van der Waals surface area contributed by atoms with Crippen molar-refractivity contribution in [2.75, 3.05) is 64.0 Å². The van der Waals surface area contributed by atoms with Gasteiger partial charge in [-0.15, -0.1) is 0 Å². The van der Waals surface area contributed by atoms with Gasteiger partial charge in [0.1, 0.15) is 23.3 Å². The number of pyridine rings is 2. The Bertz CT molecular complexity index is 1500. The normalized spacial score (nSPS) is 14.5. The molecule has 2 atom stereocenters. The van der Waals surface area contributed by atoms with Crippen LogP contribution in [0.2, 0.25) is 0 Å². The first-order chi connectivity index (χ1) is 27.2. The molecule has 308 valence electrons. The second kappa shape index (κ2) is 28.9. The molecular weight excluding hydrogens is 799 g/mol. The Balaban J connectivity index is 1.21. The van der Waals surface area contributed by atoms with Crippen molar-refractivity contribution in [2.45, 2.75) is 73.9 Å². The number of carbonyl (C=O) groups excluding carboxylic acids is 5. The van der Waals surface area contributed by atoms with Crippen LogP contribution in [0.3, 0.4) is 0 Å². The third-order valence-corrected chi connectivity index (χ3v) is 12.8. The molecule has 15 nitrogen and oxygen atoms in total. The number of hydrogen-bond donors (Lipinski definition) is 5. The van der Waals surface area contributed by atoms with Crippen molar-refractivity contribution < 1.29 is 38.6 Å². The molecule has 56 heavy (non-hydrogen) atoms. The molecule has 0 spiro atoms. The summed E-state index contributed by atoms with van der Waals surface area (Å²) in [4.78, 5) is 82.6. The summed E-state index contributed by atoms with van der Waals surface area (Å²) in [7, 11) is 6.26. The van der Waals surface area contributed by atoms with Gasteiger partial charge in [-0.3, -0.25) is 24.0 Å². The fraction of sp³-hybridized carbons (Fsp3) is 0.568. The van der Waals surface area contributed by atoms with E-state index in [1.54, 1.807) is 55.6 Å². The summed E-state index contributed by atoms with van der Waals surface area (Å²) in [5, 5.41) is 22.5. The summed E-state index contributed by atoms with van der Waals surface area (Å²) in [5.41, 5.74) is 0. The number of Topliss-reactive ketones (excluding diaryl/α,β-unsaturated/α-hetero) is 1. The van der Waals surface area contributed by atoms with Gasteiger partial charge in [0.2, 0.25) is 23.6 Å². The van der Waals surface area contributed by atoms with E-state index in [0.717, 1.165) is 35.7 Å². The molecule has 0 saturated heterocycles. The van der Waals surface area contributed by atoms with Crippen LogP contribution in [0.1, 0.15) is 57.8 Å². The van der Waals surface area contributed by atoms with E-state index in [4.69, 9.17) is 9.84 Å². The monoisotopic (exact) mass is 851 g/mol. The lowest BCUT2D eigenvalue weighted by atomic mass is 10.1. The number of amides is 4. The van der Waals surface area contributed by atoms with Crippen molar-refractivity contribution in [1.29, 1.82) is 0 Å². The van der Waals surface area contributed by atoms with Crippen LogP contribution in [0.25, 0.3) is 0 Å². The zero-order valence-electron chi connectivity index (χ0n) is 31.5. The Morgan fingerprint density at radius 3 is 1.86 bits per heavy atom. The number of aliphatic carboxylic acids is 1. The van der Waals surface area contributed by atoms with Gasteiger partial charge in [0.25, 0.3) is 0 Å². The third-order valence-electron chi connectivity index (χ3n) is 8.27. The van der Waals surface area contributed by atoms with E-state index in [9.17, 15) is 28.8 Å². The number of nitrogens with one attached hydrogen (secondary N) is 4. The molecule has 1 aliphatic carbocycles. The molecule has 4 amide bonds. The minimum absolute atomic E-state index is 0.000760. The Labute approximate surface area is 344 Å². The van der Waals surface area contributed by atoms with Gasteiger partial charge in [0.05, 0.1) is 6.04 Å². The Morgan fingerprint density at radius 2 is 1.27 bits per heavy atom. The molecule has 2 heterocycles. The number of ether oxygens (including phenoxy) is 1. The van der Waals surface area contributed by atoms with E-state index in [-0.39, 0.29) is 55.1 Å². The van der Waals surface area contributed by atoms with Crippen LogP contribution in [-0.2, 0) is 33.5 Å². The first kappa shape index (κ1) is 47.0. The first-order valence-corrected chi connectivity index (χ1v) is 23.4. The van der Waals surface area contributed by atoms with E-state index in [1.807, 2.05) is 36.4 Å². The lowest BCUT2D eigenvalue weighted by Crippen LogP contribution is -2.44. The summed E-state index contributed by atoms with van der Waals surface area (Å²) in [6, 6.07) is 11.1. The molecule has 5 N–H and O–H groups in total. The van der Waals surface area contributed by atoms with Crippen molar-refractivity contribution >= 4 is 78.6 Å². The predicted octanol–water partition coefficient (Wildman–Crippen LogP) is 3.60. The zero-order chi connectivity index (χ0) is 40.2. The highest BCUT2D eigenvalue weighted by molar-refractivity contribution is 8.77. The number of carboxylic acids is 1. The smallest absolute Gasteiger partial charge is 0.329 e. The summed E-state index contributed by atoms with van der Waals surface area (Å²) in [6.07, 6.45) is 9.11. The fourth-order valence-corrected chi connectivity index (χ4v) is 9.01. The zero-order valence-corrected chi connectivity index (χ0v) is 34.8. The quantitative estimate of drug-likeness (QED) is 0.0527. The van der Waals surface area contributed by atoms with Crippen LogP contribution in [0.4, 0.5) is 0 Å². The van der Waals surface area contributed by atoms with E-state index in [0.29, 0.717) is 63.2 Å². The van der Waals surface area contributed by atoms with E-state index < -0.39 is 25.1 Å². The summed E-state index contributed by atoms with van der Waals surface area (Å²) >= 11 is 0. The van der Waals surface area contributed by atoms with E-state index >= 15 is 0 Å². The van der Waals surface area contributed by atoms with Crippen LogP contribution in [-0.4, -0.2) is 125 Å². The number of ketones is 1. The van der Waals surface area contributed by atoms with Gasteiger partial charge in [-0.1, -0.05) is 46.6 Å². The van der Waals surface area contributed by atoms with Crippen LogP contribution < -0.4 is 21.3 Å². The van der Waals surface area contributed by atoms with Gasteiger partial charge < -0.3 is 36.0 Å². The molecule has 1 saturated carbocycles. The van der Waals surface area contributed by atoms with Crippen LogP contribution in [0.15, 0.2) is 58.8 Å². The average Bonchev–Trinajstić information content (AvgIpc) is 3.82. The van der Waals surface area contributed by atoms with E-state index in [2.05, 4.69) is 31.2 Å². The minimum Gasteiger partial charge on any atom is -0.480 e. The molecule has 19 heteroatoms. The summed E-state index contributed by atoms with van der Waals surface area (Å²) < 4.78 is 4.99. The highest BCUT2D eigenvalue weighted by atomic mass is 33.1. The first-order valence-electron chi connectivity index (χ1n) is 18.8. The van der Waals surface area contributed by atoms with E-state index in [1.165, 1.54) is 4.90 Å². The van der Waals surface area contributed by atoms with Gasteiger partial charge in [0.15, 0.2) is 5.78 Å². The highest BCUT2D eigenvalue weighted by Crippen LogP contribution is 2.31. The van der Waals surface area contributed by atoms with Gasteiger partial charge in [-0.05, 0) is 71.5 Å². The molecule has 1 fully saturated rings. The number of carboxylic acid groups (broad SMARTS) is 1. The predicted molar refractivity (Wildman–Crippen MR) is 221 cm³/mol. The molecule has 2 unspecified atom stereocenters. The lowest BCUT2D eigenvalue weighted by molar-refractivity contribution is -0.146. The maximum absolute atomic E-state index is 12.8. The maximum atomic E-state index is 12.8.